The van der Waals surface area contributed by atoms with Gasteiger partial charge in [0.2, 0.25) is 12.6 Å². The highest BCUT2D eigenvalue weighted by atomic mass is 32.2. The van der Waals surface area contributed by atoms with Gasteiger partial charge in [-0.25, -0.2) is 4.79 Å². The molecule has 2 N–H and O–H groups in total. The number of hydrogen-bond donors (Lipinski definition) is 2. The number of ketones is 1. The predicted molar refractivity (Wildman–Crippen MR) is 145 cm³/mol. The Bertz CT molecular complexity index is 1570. The standard InChI is InChI=1S/C29H29N3O8S/c1-11-5-13-6-14-15(7-30)32-16-8-38-29(36)17(33)9-41-28(20-19(16)27-26(39-10-40-27)12(2)23(20)34)22(32)21(31(14)3)18(13)24(35)25(11)37-4/h5,14-16,21-22,28,34-35H,6,8-10H2,1-4H3/t14-,15-,16-,21-,22?,28+/m0/s1. The minimum atomic E-state index is -0.931. The van der Waals surface area contributed by atoms with Gasteiger partial charge in [0.05, 0.1) is 36.3 Å². The number of rotatable bonds is 1. The largest absolute Gasteiger partial charge is 0.507 e. The normalized spacial score (nSPS) is 30.1. The number of esters is 1. The summed E-state index contributed by atoms with van der Waals surface area (Å²) in [6.07, 6.45) is 0.509. The Morgan fingerprint density at radius 2 is 1.85 bits per heavy atom. The van der Waals surface area contributed by atoms with E-state index in [0.29, 0.717) is 45.9 Å². The zero-order valence-corrected chi connectivity index (χ0v) is 23.8. The van der Waals surface area contributed by atoms with Crippen LogP contribution in [0.4, 0.5) is 0 Å². The highest BCUT2D eigenvalue weighted by Crippen LogP contribution is 2.63. The topological polar surface area (TPSA) is 142 Å². The number of fused-ring (bicyclic) bond motifs is 9. The number of benzene rings is 2. The van der Waals surface area contributed by atoms with E-state index < -0.39 is 41.2 Å². The Labute approximate surface area is 240 Å². The molecule has 2 aromatic carbocycles. The molecule has 11 nitrogen and oxygen atoms in total. The Morgan fingerprint density at radius 1 is 1.10 bits per heavy atom. The first-order valence-corrected chi connectivity index (χ1v) is 14.5. The average Bonchev–Trinajstić information content (AvgIpc) is 3.44. The fourth-order valence-electron chi connectivity index (χ4n) is 7.64. The zero-order valence-electron chi connectivity index (χ0n) is 23.0. The lowest BCUT2D eigenvalue weighted by atomic mass is 9.71. The lowest BCUT2D eigenvalue weighted by Gasteiger charge is -2.61. The van der Waals surface area contributed by atoms with E-state index in [0.717, 1.165) is 11.1 Å². The van der Waals surface area contributed by atoms with Crippen molar-refractivity contribution in [1.29, 1.82) is 5.26 Å². The van der Waals surface area contributed by atoms with Gasteiger partial charge in [-0.3, -0.25) is 14.6 Å². The van der Waals surface area contributed by atoms with Gasteiger partial charge in [0.1, 0.15) is 18.4 Å². The minimum absolute atomic E-state index is 0.0192. The van der Waals surface area contributed by atoms with Crippen LogP contribution in [0.2, 0.25) is 0 Å². The van der Waals surface area contributed by atoms with Crippen molar-refractivity contribution >= 4 is 23.5 Å². The van der Waals surface area contributed by atoms with Crippen molar-refractivity contribution in [3.63, 3.8) is 0 Å². The summed E-state index contributed by atoms with van der Waals surface area (Å²) in [6, 6.07) is 1.99. The van der Waals surface area contributed by atoms with Crippen LogP contribution in [-0.2, 0) is 20.7 Å². The number of phenols is 2. The molecule has 0 aromatic heterocycles. The van der Waals surface area contributed by atoms with E-state index in [9.17, 15) is 25.1 Å². The molecule has 5 aliphatic rings. The molecule has 6 atom stereocenters. The number of methoxy groups -OCH3 is 1. The van der Waals surface area contributed by atoms with Crippen LogP contribution in [0.25, 0.3) is 0 Å². The molecular formula is C29H29N3O8S. The van der Waals surface area contributed by atoms with Crippen molar-refractivity contribution in [1.82, 2.24) is 9.80 Å². The van der Waals surface area contributed by atoms with E-state index in [4.69, 9.17) is 18.9 Å². The highest BCUT2D eigenvalue weighted by molar-refractivity contribution is 8.00. The van der Waals surface area contributed by atoms with E-state index in [2.05, 4.69) is 15.9 Å². The lowest BCUT2D eigenvalue weighted by Crippen LogP contribution is -2.69. The fraction of sp³-hybridized carbons (Fsp3) is 0.483. The van der Waals surface area contributed by atoms with E-state index in [1.54, 1.807) is 6.92 Å². The van der Waals surface area contributed by atoms with Gasteiger partial charge < -0.3 is 29.2 Å². The highest BCUT2D eigenvalue weighted by Gasteiger charge is 2.60. The first-order valence-electron chi connectivity index (χ1n) is 13.4. The number of ether oxygens (including phenoxy) is 4. The van der Waals surface area contributed by atoms with Crippen LogP contribution < -0.4 is 14.2 Å². The SMILES string of the molecule is COc1c(C)cc2c(c1O)[C@H]1C3[C@@H]4SCC(=O)C(=O)OC[C@@H](c5c6c(c(C)c(O)c54)OCO6)N3[C@@H](C#N)[C@H](C2)N1C. The maximum Gasteiger partial charge on any atom is 0.375 e. The van der Waals surface area contributed by atoms with Crippen LogP contribution in [0.5, 0.6) is 28.7 Å². The van der Waals surface area contributed by atoms with E-state index in [-0.39, 0.29) is 36.7 Å². The molecule has 1 unspecified atom stereocenters. The molecule has 7 rings (SSSR count). The van der Waals surface area contributed by atoms with Crippen molar-refractivity contribution in [2.24, 2.45) is 0 Å². The van der Waals surface area contributed by atoms with Crippen molar-refractivity contribution in [3.8, 4) is 34.8 Å². The molecule has 4 bridgehead atoms. The van der Waals surface area contributed by atoms with Gasteiger partial charge in [0.15, 0.2) is 23.0 Å². The van der Waals surface area contributed by atoms with Crippen LogP contribution in [-0.4, -0.2) is 83.2 Å². The minimum Gasteiger partial charge on any atom is -0.507 e. The van der Waals surface area contributed by atoms with Crippen molar-refractivity contribution < 1.29 is 38.7 Å². The molecule has 41 heavy (non-hydrogen) atoms. The third kappa shape index (κ3) is 3.40. The molecule has 2 saturated heterocycles. The smallest absolute Gasteiger partial charge is 0.375 e. The number of aromatic hydroxyl groups is 2. The number of hydrogen-bond acceptors (Lipinski definition) is 12. The number of Topliss-reactive ketones (excluding diaryl/α,β-unsaturated/α-hetero) is 1. The number of phenolic OH excluding ortho intramolecular Hbond substituents is 2. The monoisotopic (exact) mass is 579 g/mol. The van der Waals surface area contributed by atoms with Gasteiger partial charge in [-0.15, -0.1) is 11.8 Å². The Balaban J connectivity index is 1.55. The number of nitriles is 1. The van der Waals surface area contributed by atoms with Gasteiger partial charge in [-0.05, 0) is 38.4 Å². The Kier molecular flexibility index (Phi) is 5.87. The second kappa shape index (κ2) is 9.17. The maximum absolute atomic E-state index is 12.8. The lowest BCUT2D eigenvalue weighted by molar-refractivity contribution is -0.157. The van der Waals surface area contributed by atoms with Crippen molar-refractivity contribution in [2.75, 3.05) is 33.3 Å². The number of carbonyl (C=O) groups is 2. The first kappa shape index (κ1) is 26.3. The maximum atomic E-state index is 12.8. The zero-order chi connectivity index (χ0) is 28.9. The first-order chi connectivity index (χ1) is 19.7. The molecule has 0 saturated carbocycles. The fourth-order valence-corrected chi connectivity index (χ4v) is 8.98. The summed E-state index contributed by atoms with van der Waals surface area (Å²) >= 11 is 1.22. The molecule has 2 fully saturated rings. The molecule has 5 heterocycles. The van der Waals surface area contributed by atoms with Gasteiger partial charge in [-0.2, -0.15) is 5.26 Å². The third-order valence-corrected chi connectivity index (χ3v) is 10.6. The number of aryl methyl sites for hydroxylation is 1. The molecule has 2 aromatic rings. The summed E-state index contributed by atoms with van der Waals surface area (Å²) in [6.45, 7) is 3.37. The van der Waals surface area contributed by atoms with Gasteiger partial charge in [0.25, 0.3) is 0 Å². The molecule has 0 radical (unpaired) electrons. The number of likely N-dealkylation sites (N-methyl/N-ethyl adjacent to an activating group) is 1. The van der Waals surface area contributed by atoms with Gasteiger partial charge in [-0.1, -0.05) is 6.07 Å². The Hall–Kier alpha value is -3.66. The predicted octanol–water partition coefficient (Wildman–Crippen LogP) is 2.58. The van der Waals surface area contributed by atoms with Crippen LogP contribution in [0.1, 0.15) is 50.7 Å². The van der Waals surface area contributed by atoms with Gasteiger partial charge >= 0.3 is 5.97 Å². The van der Waals surface area contributed by atoms with Crippen molar-refractivity contribution in [3.05, 3.63) is 39.4 Å². The molecule has 0 amide bonds. The molecule has 12 heteroatoms. The number of cyclic esters (lactones) is 1. The average molecular weight is 580 g/mol. The summed E-state index contributed by atoms with van der Waals surface area (Å²) in [7, 11) is 3.46. The van der Waals surface area contributed by atoms with Crippen LogP contribution in [0.15, 0.2) is 6.07 Å². The molecule has 214 valence electrons. The summed E-state index contributed by atoms with van der Waals surface area (Å²) in [5.41, 5.74) is 4.11. The summed E-state index contributed by atoms with van der Waals surface area (Å²) in [5.74, 6) is -0.472. The summed E-state index contributed by atoms with van der Waals surface area (Å²) in [5, 5.41) is 33.4. The third-order valence-electron chi connectivity index (χ3n) is 9.32. The van der Waals surface area contributed by atoms with E-state index >= 15 is 0 Å². The molecule has 5 aliphatic heterocycles. The summed E-state index contributed by atoms with van der Waals surface area (Å²) < 4.78 is 22.9. The van der Waals surface area contributed by atoms with E-state index in [1.165, 1.54) is 18.9 Å². The van der Waals surface area contributed by atoms with Crippen LogP contribution in [0, 0.1) is 25.2 Å². The molecule has 0 aliphatic carbocycles. The Morgan fingerprint density at radius 3 is 2.59 bits per heavy atom. The van der Waals surface area contributed by atoms with Crippen LogP contribution in [0.3, 0.4) is 0 Å². The molecular weight excluding hydrogens is 550 g/mol. The second-order valence-electron chi connectivity index (χ2n) is 11.2. The van der Waals surface area contributed by atoms with E-state index in [1.807, 2.05) is 20.0 Å². The summed E-state index contributed by atoms with van der Waals surface area (Å²) in [4.78, 5) is 29.6. The number of nitrogens with zero attached hydrogens (tertiary/aromatic N) is 3. The van der Waals surface area contributed by atoms with Crippen LogP contribution >= 0.6 is 11.8 Å². The molecule has 0 spiro atoms. The number of piperazine rings is 1. The second-order valence-corrected chi connectivity index (χ2v) is 12.3. The van der Waals surface area contributed by atoms with Crippen molar-refractivity contribution in [2.45, 2.75) is 55.7 Å². The number of carbonyl (C=O) groups excluding carboxylic acids is 2. The quantitative estimate of drug-likeness (QED) is 0.379. The number of thioether (sulfide) groups is 1. The van der Waals surface area contributed by atoms with Gasteiger partial charge in [0, 0.05) is 34.3 Å².